The molecule has 0 unspecified atom stereocenters. The van der Waals surface area contributed by atoms with Gasteiger partial charge in [0.25, 0.3) is 5.56 Å². The van der Waals surface area contributed by atoms with Crippen molar-refractivity contribution in [3.63, 3.8) is 0 Å². The number of pyridine rings is 1. The number of aromatic nitrogens is 1. The minimum atomic E-state index is -0.220. The Labute approximate surface area is 154 Å². The van der Waals surface area contributed by atoms with Gasteiger partial charge in [0.1, 0.15) is 11.5 Å². The van der Waals surface area contributed by atoms with Crippen LogP contribution in [0.25, 0.3) is 0 Å². The van der Waals surface area contributed by atoms with Crippen molar-refractivity contribution in [2.45, 2.75) is 13.8 Å². The molecular weight excluding hydrogens is 390 g/mol. The summed E-state index contributed by atoms with van der Waals surface area (Å²) in [6.45, 7) is 4.01. The van der Waals surface area contributed by atoms with Gasteiger partial charge in [-0.05, 0) is 53.5 Å². The monoisotopic (exact) mass is 405 g/mol. The number of halogens is 2. The van der Waals surface area contributed by atoms with E-state index in [0.717, 1.165) is 5.56 Å². The number of hydrogen-bond acceptors (Lipinski definition) is 2. The van der Waals surface area contributed by atoms with Crippen molar-refractivity contribution in [3.05, 3.63) is 91.8 Å². The maximum absolute atomic E-state index is 11.2. The highest BCUT2D eigenvalue weighted by atomic mass is 79.9. The highest BCUT2D eigenvalue weighted by molar-refractivity contribution is 9.10. The molecule has 0 aliphatic carbocycles. The third kappa shape index (κ3) is 5.87. The lowest BCUT2D eigenvalue weighted by atomic mass is 10.2. The second kappa shape index (κ2) is 8.71. The van der Waals surface area contributed by atoms with Gasteiger partial charge < -0.3 is 9.72 Å². The molecule has 0 saturated carbocycles. The van der Waals surface area contributed by atoms with E-state index in [-0.39, 0.29) is 5.56 Å². The van der Waals surface area contributed by atoms with Gasteiger partial charge >= 0.3 is 0 Å². The fourth-order valence-electron chi connectivity index (χ4n) is 1.94. The highest BCUT2D eigenvalue weighted by Gasteiger charge is 2.05. The molecule has 0 saturated heterocycles. The van der Waals surface area contributed by atoms with E-state index >= 15 is 0 Å². The van der Waals surface area contributed by atoms with Crippen LogP contribution in [0, 0.1) is 13.8 Å². The maximum atomic E-state index is 11.2. The first-order chi connectivity index (χ1) is 11.4. The molecule has 0 amide bonds. The van der Waals surface area contributed by atoms with E-state index in [9.17, 15) is 4.79 Å². The number of ether oxygens (including phenoxy) is 1. The van der Waals surface area contributed by atoms with Crippen molar-refractivity contribution in [1.29, 1.82) is 0 Å². The van der Waals surface area contributed by atoms with Crippen LogP contribution in [0.3, 0.4) is 0 Å². The molecule has 0 atom stereocenters. The fraction of sp³-hybridized carbons (Fsp3) is 0.105. The van der Waals surface area contributed by atoms with Gasteiger partial charge in [-0.15, -0.1) is 0 Å². The summed E-state index contributed by atoms with van der Waals surface area (Å²) in [4.78, 5) is 13.7. The Morgan fingerprint density at radius 3 is 2.29 bits per heavy atom. The topological polar surface area (TPSA) is 42.1 Å². The Bertz CT molecular complexity index is 842. The number of hydrogen-bond donors (Lipinski definition) is 1. The zero-order chi connectivity index (χ0) is 17.5. The summed E-state index contributed by atoms with van der Waals surface area (Å²) in [5.74, 6) is 1.05. The first-order valence-electron chi connectivity index (χ1n) is 7.29. The van der Waals surface area contributed by atoms with Crippen molar-refractivity contribution in [2.24, 2.45) is 0 Å². The summed E-state index contributed by atoms with van der Waals surface area (Å²) in [6.07, 6.45) is 1.54. The van der Waals surface area contributed by atoms with E-state index in [4.69, 9.17) is 16.3 Å². The molecule has 1 aromatic heterocycles. The average molecular weight is 407 g/mol. The predicted octanol–water partition coefficient (Wildman–Crippen LogP) is 5.89. The minimum absolute atomic E-state index is 0.220. The van der Waals surface area contributed by atoms with Crippen LogP contribution in [-0.2, 0) is 0 Å². The molecule has 2 aromatic carbocycles. The molecule has 3 aromatic rings. The van der Waals surface area contributed by atoms with Gasteiger partial charge in [-0.25, -0.2) is 0 Å². The predicted molar refractivity (Wildman–Crippen MR) is 102 cm³/mol. The number of aromatic amines is 1. The minimum Gasteiger partial charge on any atom is -0.456 e. The molecular formula is C19H17BrClNO2. The molecule has 3 rings (SSSR count). The molecule has 0 fully saturated rings. The van der Waals surface area contributed by atoms with Gasteiger partial charge in [0.15, 0.2) is 0 Å². The van der Waals surface area contributed by atoms with Crippen LogP contribution in [-0.4, -0.2) is 4.98 Å². The van der Waals surface area contributed by atoms with E-state index < -0.39 is 0 Å². The third-order valence-electron chi connectivity index (χ3n) is 3.02. The number of aryl methyl sites for hydroxylation is 2. The molecule has 0 spiro atoms. The first kappa shape index (κ1) is 18.3. The van der Waals surface area contributed by atoms with E-state index in [1.54, 1.807) is 6.07 Å². The van der Waals surface area contributed by atoms with Crippen LogP contribution in [0.2, 0.25) is 5.02 Å². The van der Waals surface area contributed by atoms with E-state index in [0.29, 0.717) is 21.0 Å². The third-order valence-corrected chi connectivity index (χ3v) is 3.86. The maximum Gasteiger partial charge on any atom is 0.251 e. The lowest BCUT2D eigenvalue weighted by molar-refractivity contribution is 0.477. The summed E-state index contributed by atoms with van der Waals surface area (Å²) in [5.41, 5.74) is 2.10. The molecule has 0 aliphatic heterocycles. The molecule has 1 heterocycles. The zero-order valence-corrected chi connectivity index (χ0v) is 15.7. The molecule has 0 aliphatic rings. The van der Waals surface area contributed by atoms with Crippen molar-refractivity contribution in [2.75, 3.05) is 0 Å². The molecule has 5 heteroatoms. The molecule has 124 valence electrons. The average Bonchev–Trinajstić information content (AvgIpc) is 2.51. The van der Waals surface area contributed by atoms with Crippen LogP contribution in [0.5, 0.6) is 11.5 Å². The van der Waals surface area contributed by atoms with E-state index in [2.05, 4.69) is 40.0 Å². The molecule has 3 nitrogen and oxygen atoms in total. The van der Waals surface area contributed by atoms with Crippen LogP contribution >= 0.6 is 27.5 Å². The Morgan fingerprint density at radius 2 is 1.71 bits per heavy atom. The van der Waals surface area contributed by atoms with Gasteiger partial charge in [-0.2, -0.15) is 0 Å². The van der Waals surface area contributed by atoms with Gasteiger partial charge in [0, 0.05) is 17.3 Å². The first-order valence-corrected chi connectivity index (χ1v) is 8.46. The summed E-state index contributed by atoms with van der Waals surface area (Å²) in [7, 11) is 0. The standard InChI is InChI=1S/C12H9BrClNO2.C7H8/c1-7-2-8(14)4-9(3-7)17-11-5-12(16)15-6-10(11)13;1-7-5-3-2-4-6-7/h2-6H,1H3,(H,15,16);2-6H,1H3. The van der Waals surface area contributed by atoms with Crippen molar-refractivity contribution in [3.8, 4) is 11.5 Å². The van der Waals surface area contributed by atoms with E-state index in [1.807, 2.05) is 37.3 Å². The number of rotatable bonds is 2. The highest BCUT2D eigenvalue weighted by Crippen LogP contribution is 2.29. The van der Waals surface area contributed by atoms with Crippen molar-refractivity contribution in [1.82, 2.24) is 4.98 Å². The summed E-state index contributed by atoms with van der Waals surface area (Å²) in [6, 6.07) is 17.0. The molecule has 1 N–H and O–H groups in total. The second-order valence-corrected chi connectivity index (χ2v) is 6.52. The molecule has 0 bridgehead atoms. The van der Waals surface area contributed by atoms with Crippen LogP contribution < -0.4 is 10.3 Å². The Balaban J connectivity index is 0.000000249. The number of benzene rings is 2. The Hall–Kier alpha value is -2.04. The zero-order valence-electron chi connectivity index (χ0n) is 13.3. The SMILES string of the molecule is Cc1cc(Cl)cc(Oc2cc(=O)[nH]cc2Br)c1.Cc1ccccc1. The summed E-state index contributed by atoms with van der Waals surface area (Å²) in [5, 5.41) is 0.598. The Morgan fingerprint density at radius 1 is 1.00 bits per heavy atom. The van der Waals surface area contributed by atoms with E-state index in [1.165, 1.54) is 17.8 Å². The second-order valence-electron chi connectivity index (χ2n) is 5.23. The van der Waals surface area contributed by atoms with Crippen LogP contribution in [0.1, 0.15) is 11.1 Å². The summed E-state index contributed by atoms with van der Waals surface area (Å²) >= 11 is 9.22. The van der Waals surface area contributed by atoms with Crippen molar-refractivity contribution < 1.29 is 4.74 Å². The fourth-order valence-corrected chi connectivity index (χ4v) is 2.53. The quantitative estimate of drug-likeness (QED) is 0.577. The lowest BCUT2D eigenvalue weighted by Crippen LogP contribution is -2.03. The summed E-state index contributed by atoms with van der Waals surface area (Å²) < 4.78 is 6.28. The van der Waals surface area contributed by atoms with Crippen LogP contribution in [0.15, 0.2) is 70.1 Å². The Kier molecular flexibility index (Phi) is 6.64. The van der Waals surface area contributed by atoms with Gasteiger partial charge in [0.05, 0.1) is 4.47 Å². The number of H-pyrrole nitrogens is 1. The largest absolute Gasteiger partial charge is 0.456 e. The number of nitrogens with one attached hydrogen (secondary N) is 1. The smallest absolute Gasteiger partial charge is 0.251 e. The normalized spacial score (nSPS) is 9.83. The molecule has 24 heavy (non-hydrogen) atoms. The van der Waals surface area contributed by atoms with Crippen molar-refractivity contribution >= 4 is 27.5 Å². The van der Waals surface area contributed by atoms with Gasteiger partial charge in [0.2, 0.25) is 0 Å². The van der Waals surface area contributed by atoms with Crippen LogP contribution in [0.4, 0.5) is 0 Å². The lowest BCUT2D eigenvalue weighted by Gasteiger charge is -2.08. The van der Waals surface area contributed by atoms with Gasteiger partial charge in [-0.3, -0.25) is 4.79 Å². The van der Waals surface area contributed by atoms with Gasteiger partial charge in [-0.1, -0.05) is 47.5 Å². The molecule has 0 radical (unpaired) electrons.